The zero-order valence-corrected chi connectivity index (χ0v) is 63.0. The predicted octanol–water partition coefficient (Wildman–Crippen LogP) is 19.4. The molecule has 11 nitrogen and oxygen atoms in total. The van der Waals surface area contributed by atoms with Crippen molar-refractivity contribution >= 4 is 29.2 Å². The molecule has 1 amide bonds. The molecule has 0 aromatic rings. The minimum atomic E-state index is -0.655. The van der Waals surface area contributed by atoms with Crippen molar-refractivity contribution in [1.29, 1.82) is 0 Å². The Morgan fingerprint density at radius 1 is 0.398 bits per heavy atom. The second kappa shape index (κ2) is 21.9. The van der Waals surface area contributed by atoms with E-state index in [1.54, 1.807) is 18.2 Å². The predicted molar refractivity (Wildman–Crippen MR) is 389 cm³/mol. The normalized spacial score (nSPS) is 47.2. The van der Waals surface area contributed by atoms with Crippen molar-refractivity contribution in [3.05, 3.63) is 139 Å². The molecule has 15 aliphatic carbocycles. The molecule has 530 valence electrons. The van der Waals surface area contributed by atoms with Gasteiger partial charge in [0.1, 0.15) is 0 Å². The summed E-state index contributed by atoms with van der Waals surface area (Å²) in [6, 6.07) is 0. The molecular formula is C87H118N2O9. The third kappa shape index (κ3) is 9.20. The first-order valence-electron chi connectivity index (χ1n) is 37.8. The number of aliphatic hydroxyl groups is 3. The van der Waals surface area contributed by atoms with Crippen LogP contribution in [0.4, 0.5) is 0 Å². The lowest BCUT2D eigenvalue weighted by Crippen LogP contribution is -2.62. The standard InChI is InChI=1S/C29H39NO3.C29H41NO2.C29H38O4/c1-17-18-7-8-21-27(4,19(18)15-20(31)23(17)32)12-14-29(6)22-16-26(3,24(30)33)10-9-25(22,2)11-13-28(21,29)5;1-18-19-7-8-22-27(4,20(19)15-21(31)24(18)32)12-14-29(6)23-16-25(2,17-30)9-10-26(23,3)11-13-28(22,29)5;1-17-18-7-8-21-27(4,19(18)15-20(30)23(17)31)12-14-29(6)22-16-26(3,24(32)33)10-9-25(22,2)11-13-28(21,29)5/h7-8,15,22,32H,9-14,16H2,1-6H3,(H2,30,33);7-8,15,23,32H,9-14,16-17,30H2,1-6H3;7-8,15,22,31H,9-14,16H2,1-6H3,(H,32,33)/t22-,25-,26-,27+,28-,29+;23-,25-,26-,27+,28-,29+;22-,25-,26-,27+,28-,29+/m111/s1. The van der Waals surface area contributed by atoms with Crippen LogP contribution in [0.5, 0.6) is 0 Å². The van der Waals surface area contributed by atoms with Gasteiger partial charge >= 0.3 is 5.97 Å². The van der Waals surface area contributed by atoms with Crippen LogP contribution in [0.15, 0.2) is 139 Å². The summed E-state index contributed by atoms with van der Waals surface area (Å²) in [4.78, 5) is 62.5. The molecule has 8 N–H and O–H groups in total. The Morgan fingerprint density at radius 3 is 0.990 bits per heavy atom. The first kappa shape index (κ1) is 70.6. The van der Waals surface area contributed by atoms with Gasteiger partial charge in [0.15, 0.2) is 17.3 Å². The van der Waals surface area contributed by atoms with E-state index in [2.05, 4.69) is 133 Å². The number of rotatable bonds is 3. The molecule has 0 aromatic heterocycles. The number of aliphatic carboxylic acids is 1. The highest BCUT2D eigenvalue weighted by atomic mass is 16.4. The van der Waals surface area contributed by atoms with Crippen molar-refractivity contribution < 1.29 is 44.4 Å². The summed E-state index contributed by atoms with van der Waals surface area (Å²) in [7, 11) is 0. The summed E-state index contributed by atoms with van der Waals surface area (Å²) in [6.45, 7) is 42.0. The fourth-order valence-electron chi connectivity index (χ4n) is 26.0. The highest BCUT2D eigenvalue weighted by molar-refractivity contribution is 6.08. The van der Waals surface area contributed by atoms with Crippen LogP contribution >= 0.6 is 0 Å². The number of nitrogens with two attached hydrogens (primary N) is 2. The maximum Gasteiger partial charge on any atom is 0.309 e. The summed E-state index contributed by atoms with van der Waals surface area (Å²) in [5, 5.41) is 40.9. The van der Waals surface area contributed by atoms with Gasteiger partial charge in [-0.3, -0.25) is 24.0 Å². The van der Waals surface area contributed by atoms with Gasteiger partial charge in [0.25, 0.3) is 0 Å². The van der Waals surface area contributed by atoms with Crippen LogP contribution in [0.1, 0.15) is 259 Å². The van der Waals surface area contributed by atoms with Gasteiger partial charge in [0, 0.05) is 38.4 Å². The second-order valence-corrected chi connectivity index (χ2v) is 39.0. The minimum absolute atomic E-state index is 0.0000746. The van der Waals surface area contributed by atoms with Crippen molar-refractivity contribution in [3.8, 4) is 0 Å². The van der Waals surface area contributed by atoms with Crippen LogP contribution in [-0.4, -0.2) is 56.2 Å². The molecule has 15 aliphatic rings. The number of carbonyl (C=O) groups excluding carboxylic acids is 4. The van der Waals surface area contributed by atoms with E-state index in [1.807, 2.05) is 27.7 Å². The van der Waals surface area contributed by atoms with E-state index in [9.17, 15) is 44.4 Å². The summed E-state index contributed by atoms with van der Waals surface area (Å²) in [5.74, 6) is -0.527. The maximum atomic E-state index is 12.6. The van der Waals surface area contributed by atoms with Crippen LogP contribution < -0.4 is 11.5 Å². The van der Waals surface area contributed by atoms with E-state index in [1.165, 1.54) is 55.2 Å². The number of hydrogen-bond acceptors (Lipinski definition) is 9. The molecular weight excluding hydrogens is 1220 g/mol. The van der Waals surface area contributed by atoms with Crippen LogP contribution in [-0.2, 0) is 24.0 Å². The van der Waals surface area contributed by atoms with Gasteiger partial charge in [0.05, 0.1) is 5.41 Å². The van der Waals surface area contributed by atoms with Crippen LogP contribution in [0, 0.1) is 99.0 Å². The molecule has 0 spiro atoms. The molecule has 11 heteroatoms. The number of fused-ring (bicyclic) bond motifs is 21. The average molecular weight is 1340 g/mol. The molecule has 9 saturated carbocycles. The van der Waals surface area contributed by atoms with Crippen LogP contribution in [0.3, 0.4) is 0 Å². The molecule has 98 heavy (non-hydrogen) atoms. The number of carboxylic acid groups (broad SMARTS) is 1. The maximum absolute atomic E-state index is 12.6. The monoisotopic (exact) mass is 1330 g/mol. The van der Waals surface area contributed by atoms with Gasteiger partial charge in [-0.05, 0) is 293 Å². The van der Waals surface area contributed by atoms with Crippen LogP contribution in [0.25, 0.3) is 0 Å². The van der Waals surface area contributed by atoms with Gasteiger partial charge in [-0.2, -0.15) is 0 Å². The van der Waals surface area contributed by atoms with Gasteiger partial charge in [-0.1, -0.05) is 150 Å². The van der Waals surface area contributed by atoms with Gasteiger partial charge in [-0.25, -0.2) is 0 Å². The molecule has 0 radical (unpaired) electrons. The zero-order chi connectivity index (χ0) is 71.7. The molecule has 18 atom stereocenters. The Hall–Kier alpha value is -5.81. The fourth-order valence-corrected chi connectivity index (χ4v) is 26.0. The SMILES string of the molecule is CC1=C(O)C(=O)C=C2C1=CC=C1[C@@]2(C)CC[C@@]2(C)[C@@H]3C[C@](C)(C(=O)O)CC[C@]3(C)CC[C@]12C.CC1=C(O)C(=O)C=C2C1=CC=C1[C@@]2(C)CC[C@@]2(C)[C@@H]3C[C@](C)(C(N)=O)CC[C@]3(C)CC[C@]12C.CC1=C(O)C(=O)C=C2C1=CC=C1[C@@]2(C)CC[C@@]2(C)[C@@H]3C[C@](C)(CN)CC[C@]3(C)CC[C@]12C. The topological polar surface area (TPSA) is 218 Å². The summed E-state index contributed by atoms with van der Waals surface area (Å²) in [5.41, 5.74) is 24.6. The highest BCUT2D eigenvalue weighted by Crippen LogP contribution is 2.79. The number of hydrogen-bond donors (Lipinski definition) is 6. The molecule has 0 aliphatic heterocycles. The number of aliphatic hydroxyl groups excluding tert-OH is 3. The van der Waals surface area contributed by atoms with Gasteiger partial charge < -0.3 is 31.9 Å². The average Bonchev–Trinajstić information content (AvgIpc) is 0.689. The van der Waals surface area contributed by atoms with E-state index in [4.69, 9.17) is 11.5 Å². The third-order valence-corrected chi connectivity index (χ3v) is 34.3. The number of amides is 1. The number of allylic oxidation sites excluding steroid dienone is 21. The van der Waals surface area contributed by atoms with Gasteiger partial charge in [-0.15, -0.1) is 0 Å². The van der Waals surface area contributed by atoms with E-state index < -0.39 is 16.8 Å². The Morgan fingerprint density at radius 2 is 0.684 bits per heavy atom. The van der Waals surface area contributed by atoms with E-state index in [-0.39, 0.29) is 106 Å². The summed E-state index contributed by atoms with van der Waals surface area (Å²) >= 11 is 0. The Bertz CT molecular complexity index is 3880. The number of primary amides is 1. The first-order valence-corrected chi connectivity index (χ1v) is 37.8. The lowest BCUT2D eigenvalue weighted by atomic mass is 9.34. The number of carbonyl (C=O) groups is 5. The molecule has 9 fully saturated rings. The Kier molecular flexibility index (Phi) is 15.8. The highest BCUT2D eigenvalue weighted by Gasteiger charge is 2.71. The number of ketones is 3. The molecule has 0 aromatic carbocycles. The first-order chi connectivity index (χ1) is 45.3. The smallest absolute Gasteiger partial charge is 0.309 e. The lowest BCUT2D eigenvalue weighted by molar-refractivity contribution is -0.178. The molecule has 0 heterocycles. The van der Waals surface area contributed by atoms with Crippen molar-refractivity contribution in [2.75, 3.05) is 6.54 Å². The lowest BCUT2D eigenvalue weighted by Gasteiger charge is -2.70. The molecule has 0 bridgehead atoms. The molecule has 15 rings (SSSR count). The Balaban J connectivity index is 0.000000132. The van der Waals surface area contributed by atoms with Crippen molar-refractivity contribution in [2.45, 2.75) is 259 Å². The van der Waals surface area contributed by atoms with E-state index >= 15 is 0 Å². The summed E-state index contributed by atoms with van der Waals surface area (Å²) < 4.78 is 0. The zero-order valence-electron chi connectivity index (χ0n) is 63.0. The second-order valence-electron chi connectivity index (χ2n) is 39.0. The Labute approximate surface area is 585 Å². The minimum Gasteiger partial charge on any atom is -0.504 e. The third-order valence-electron chi connectivity index (χ3n) is 34.3. The van der Waals surface area contributed by atoms with Crippen molar-refractivity contribution in [1.82, 2.24) is 0 Å². The fraction of sp³-hybridized carbons (Fsp3) is 0.667. The molecule has 0 unspecified atom stereocenters. The van der Waals surface area contributed by atoms with Crippen LogP contribution in [0.2, 0.25) is 0 Å². The largest absolute Gasteiger partial charge is 0.504 e. The number of carboxylic acids is 1. The quantitative estimate of drug-likeness (QED) is 0.157. The van der Waals surface area contributed by atoms with Crippen molar-refractivity contribution in [2.24, 2.45) is 110 Å². The molecule has 0 saturated heterocycles. The van der Waals surface area contributed by atoms with E-state index in [0.29, 0.717) is 34.3 Å². The van der Waals surface area contributed by atoms with E-state index in [0.717, 1.165) is 142 Å². The van der Waals surface area contributed by atoms with Gasteiger partial charge in [0.2, 0.25) is 23.3 Å². The summed E-state index contributed by atoms with van der Waals surface area (Å²) in [6.07, 6.45) is 40.7. The van der Waals surface area contributed by atoms with Crippen molar-refractivity contribution in [3.63, 3.8) is 0 Å².